The van der Waals surface area contributed by atoms with E-state index in [-0.39, 0.29) is 0 Å². The second-order valence-corrected chi connectivity index (χ2v) is 6.12. The molecule has 0 aliphatic carbocycles. The Kier molecular flexibility index (Phi) is 14.8. The van der Waals surface area contributed by atoms with Crippen molar-refractivity contribution < 1.29 is 0 Å². The van der Waals surface area contributed by atoms with Crippen molar-refractivity contribution in [3.8, 4) is 0 Å². The van der Waals surface area contributed by atoms with Gasteiger partial charge in [0.1, 0.15) is 0 Å². The molecule has 2 nitrogen and oxygen atoms in total. The minimum Gasteiger partial charge on any atom is -0.303 e. The van der Waals surface area contributed by atoms with Crippen LogP contribution in [0.3, 0.4) is 0 Å². The Balaban J connectivity index is 3.44. The topological polar surface area (TPSA) is 6.48 Å². The van der Waals surface area contributed by atoms with Crippen LogP contribution in [0.2, 0.25) is 0 Å². The molecule has 2 heteroatoms. The lowest BCUT2D eigenvalue weighted by atomic mass is 10.2. The lowest BCUT2D eigenvalue weighted by Gasteiger charge is -2.15. The van der Waals surface area contributed by atoms with E-state index in [4.69, 9.17) is 0 Å². The zero-order chi connectivity index (χ0) is 15.1. The van der Waals surface area contributed by atoms with Crippen LogP contribution in [0.15, 0.2) is 12.2 Å². The first-order valence-electron chi connectivity index (χ1n) is 8.72. The summed E-state index contributed by atoms with van der Waals surface area (Å²) >= 11 is 0. The highest BCUT2D eigenvalue weighted by Gasteiger charge is 1.97. The molecular weight excluding hydrogens is 244 g/mol. The molecular formula is C18H38N2. The number of nitrogens with zero attached hydrogens (tertiary/aromatic N) is 2. The van der Waals surface area contributed by atoms with Crippen molar-refractivity contribution in [1.29, 1.82) is 0 Å². The predicted molar refractivity (Wildman–Crippen MR) is 92.4 cm³/mol. The highest BCUT2D eigenvalue weighted by atomic mass is 15.1. The van der Waals surface area contributed by atoms with Gasteiger partial charge in [-0.1, -0.05) is 64.5 Å². The highest BCUT2D eigenvalue weighted by molar-refractivity contribution is 4.86. The molecule has 0 aliphatic rings. The first-order valence-corrected chi connectivity index (χ1v) is 8.72. The Hall–Kier alpha value is -0.340. The fourth-order valence-corrected chi connectivity index (χ4v) is 2.31. The monoisotopic (exact) mass is 282 g/mol. The third-order valence-electron chi connectivity index (χ3n) is 3.79. The molecule has 0 rings (SSSR count). The van der Waals surface area contributed by atoms with Gasteiger partial charge in [0, 0.05) is 13.1 Å². The van der Waals surface area contributed by atoms with Gasteiger partial charge in [-0.3, -0.25) is 0 Å². The van der Waals surface area contributed by atoms with E-state index in [2.05, 4.69) is 49.9 Å². The van der Waals surface area contributed by atoms with Crippen molar-refractivity contribution in [3.05, 3.63) is 12.2 Å². The molecule has 0 radical (unpaired) electrons. The summed E-state index contributed by atoms with van der Waals surface area (Å²) in [7, 11) is 4.45. The maximum atomic E-state index is 2.42. The fraction of sp³-hybridized carbons (Fsp3) is 0.889. The number of hydrogen-bond donors (Lipinski definition) is 0. The van der Waals surface area contributed by atoms with Gasteiger partial charge in [0.05, 0.1) is 0 Å². The molecule has 0 atom stereocenters. The van der Waals surface area contributed by atoms with Crippen LogP contribution in [0.4, 0.5) is 0 Å². The first-order chi connectivity index (χ1) is 9.70. The Morgan fingerprint density at radius 1 is 0.600 bits per heavy atom. The van der Waals surface area contributed by atoms with Crippen molar-refractivity contribution in [2.75, 3.05) is 40.3 Å². The van der Waals surface area contributed by atoms with Gasteiger partial charge in [-0.15, -0.1) is 0 Å². The standard InChI is InChI=1S/C18H38N2/c1-5-7-9-11-15-19(3)17-13-14-18-20(4)16-12-10-8-6-2/h13-14H,5-12,15-18H2,1-4H3. The van der Waals surface area contributed by atoms with Crippen molar-refractivity contribution in [2.24, 2.45) is 0 Å². The Morgan fingerprint density at radius 3 is 1.35 bits per heavy atom. The minimum absolute atomic E-state index is 1.09. The molecule has 20 heavy (non-hydrogen) atoms. The average molecular weight is 283 g/mol. The Morgan fingerprint density at radius 2 is 1.00 bits per heavy atom. The van der Waals surface area contributed by atoms with Gasteiger partial charge in [0.15, 0.2) is 0 Å². The quantitative estimate of drug-likeness (QED) is 0.340. The van der Waals surface area contributed by atoms with Crippen LogP contribution in [0.25, 0.3) is 0 Å². The zero-order valence-electron chi connectivity index (χ0n) is 14.5. The maximum Gasteiger partial charge on any atom is 0.0160 e. The minimum atomic E-state index is 1.09. The summed E-state index contributed by atoms with van der Waals surface area (Å²) in [5.74, 6) is 0. The summed E-state index contributed by atoms with van der Waals surface area (Å²) in [6.07, 6.45) is 15.5. The molecule has 0 spiro atoms. The molecule has 0 saturated carbocycles. The van der Waals surface area contributed by atoms with Crippen LogP contribution in [0, 0.1) is 0 Å². The molecule has 0 unspecified atom stereocenters. The third kappa shape index (κ3) is 14.1. The molecule has 0 N–H and O–H groups in total. The van der Waals surface area contributed by atoms with Crippen molar-refractivity contribution in [1.82, 2.24) is 9.80 Å². The number of unbranched alkanes of at least 4 members (excludes halogenated alkanes) is 6. The van der Waals surface area contributed by atoms with E-state index < -0.39 is 0 Å². The lowest BCUT2D eigenvalue weighted by molar-refractivity contribution is 0.348. The van der Waals surface area contributed by atoms with E-state index >= 15 is 0 Å². The normalized spacial score (nSPS) is 12.1. The second kappa shape index (κ2) is 15.1. The maximum absolute atomic E-state index is 2.42. The van der Waals surface area contributed by atoms with E-state index in [1.54, 1.807) is 0 Å². The molecule has 0 aromatic carbocycles. The van der Waals surface area contributed by atoms with Crippen LogP contribution in [0.1, 0.15) is 65.2 Å². The molecule has 0 aromatic rings. The molecule has 0 aromatic heterocycles. The summed E-state index contributed by atoms with van der Waals surface area (Å²) in [4.78, 5) is 4.85. The molecule has 0 fully saturated rings. The molecule has 0 aliphatic heterocycles. The first kappa shape index (κ1) is 19.7. The largest absolute Gasteiger partial charge is 0.303 e. The molecule has 120 valence electrons. The smallest absolute Gasteiger partial charge is 0.0160 e. The second-order valence-electron chi connectivity index (χ2n) is 6.12. The molecule has 0 saturated heterocycles. The fourth-order valence-electron chi connectivity index (χ4n) is 2.31. The average Bonchev–Trinajstić information content (AvgIpc) is 2.44. The third-order valence-corrected chi connectivity index (χ3v) is 3.79. The predicted octanol–water partition coefficient (Wildman–Crippen LogP) is 4.57. The van der Waals surface area contributed by atoms with E-state index in [0.29, 0.717) is 0 Å². The molecule has 0 amide bonds. The van der Waals surface area contributed by atoms with Crippen molar-refractivity contribution in [2.45, 2.75) is 65.2 Å². The van der Waals surface area contributed by atoms with Crippen LogP contribution in [-0.4, -0.2) is 50.1 Å². The lowest BCUT2D eigenvalue weighted by Crippen LogP contribution is -2.21. The summed E-state index contributed by atoms with van der Waals surface area (Å²) in [5.41, 5.74) is 0. The molecule has 0 bridgehead atoms. The van der Waals surface area contributed by atoms with E-state index in [1.807, 2.05) is 0 Å². The van der Waals surface area contributed by atoms with Gasteiger partial charge in [-0.25, -0.2) is 0 Å². The van der Waals surface area contributed by atoms with Gasteiger partial charge in [-0.05, 0) is 40.0 Å². The van der Waals surface area contributed by atoms with Gasteiger partial charge in [0.25, 0.3) is 0 Å². The van der Waals surface area contributed by atoms with Crippen LogP contribution >= 0.6 is 0 Å². The van der Waals surface area contributed by atoms with Crippen LogP contribution in [-0.2, 0) is 0 Å². The van der Waals surface area contributed by atoms with Crippen LogP contribution < -0.4 is 0 Å². The van der Waals surface area contributed by atoms with Gasteiger partial charge >= 0.3 is 0 Å². The van der Waals surface area contributed by atoms with Gasteiger partial charge < -0.3 is 9.80 Å². The zero-order valence-corrected chi connectivity index (χ0v) is 14.5. The van der Waals surface area contributed by atoms with Crippen LogP contribution in [0.5, 0.6) is 0 Å². The highest BCUT2D eigenvalue weighted by Crippen LogP contribution is 2.01. The summed E-state index contributed by atoms with van der Waals surface area (Å²) in [5, 5.41) is 0. The van der Waals surface area contributed by atoms with E-state index in [9.17, 15) is 0 Å². The van der Waals surface area contributed by atoms with Gasteiger partial charge in [0.2, 0.25) is 0 Å². The summed E-state index contributed by atoms with van der Waals surface area (Å²) in [6.45, 7) is 9.19. The Labute approximate surface area is 128 Å². The van der Waals surface area contributed by atoms with Gasteiger partial charge in [-0.2, -0.15) is 0 Å². The van der Waals surface area contributed by atoms with Crippen molar-refractivity contribution >= 4 is 0 Å². The van der Waals surface area contributed by atoms with Crippen molar-refractivity contribution in [3.63, 3.8) is 0 Å². The Bertz CT molecular complexity index is 191. The number of likely N-dealkylation sites (N-methyl/N-ethyl adjacent to an activating group) is 2. The number of rotatable bonds is 14. The summed E-state index contributed by atoms with van der Waals surface area (Å²) in [6, 6.07) is 0. The molecule has 0 heterocycles. The summed E-state index contributed by atoms with van der Waals surface area (Å²) < 4.78 is 0. The van der Waals surface area contributed by atoms with E-state index in [1.165, 1.54) is 64.5 Å². The number of hydrogen-bond acceptors (Lipinski definition) is 2. The van der Waals surface area contributed by atoms with E-state index in [0.717, 1.165) is 13.1 Å². The SMILES string of the molecule is CCCCCCN(C)CC=CCN(C)CCCCCC.